The number of benzene rings is 1. The van der Waals surface area contributed by atoms with E-state index in [9.17, 15) is 5.26 Å². The molecule has 1 aliphatic heterocycles. The van der Waals surface area contributed by atoms with Crippen LogP contribution in [0, 0.1) is 18.3 Å². The Morgan fingerprint density at radius 3 is 2.31 bits per heavy atom. The Bertz CT molecular complexity index is 860. The van der Waals surface area contributed by atoms with E-state index < -0.39 is 0 Å². The summed E-state index contributed by atoms with van der Waals surface area (Å²) < 4.78 is 0. The van der Waals surface area contributed by atoms with Gasteiger partial charge in [-0.15, -0.1) is 0 Å². The molecule has 1 saturated heterocycles. The van der Waals surface area contributed by atoms with E-state index >= 15 is 0 Å². The van der Waals surface area contributed by atoms with Gasteiger partial charge in [-0.25, -0.2) is 0 Å². The quantitative estimate of drug-likeness (QED) is 0.512. The number of nitrogens with one attached hydrogen (secondary N) is 2. The van der Waals surface area contributed by atoms with Crippen molar-refractivity contribution >= 4 is 23.3 Å². The lowest BCUT2D eigenvalue weighted by Crippen LogP contribution is -2.47. The van der Waals surface area contributed by atoms with Gasteiger partial charge in [-0.3, -0.25) is 0 Å². The zero-order chi connectivity index (χ0) is 20.6. The van der Waals surface area contributed by atoms with Crippen molar-refractivity contribution in [3.8, 4) is 6.07 Å². The molecule has 1 aliphatic rings. The molecule has 0 atom stereocenters. The topological polar surface area (TPSA) is 121 Å². The molecule has 2 aromatic rings. The molecular weight excluding hydrogens is 370 g/mol. The molecule has 154 valence electrons. The van der Waals surface area contributed by atoms with Crippen molar-refractivity contribution in [1.29, 1.82) is 5.26 Å². The summed E-state index contributed by atoms with van der Waals surface area (Å²) >= 11 is 0. The Morgan fingerprint density at radius 2 is 1.66 bits per heavy atom. The molecule has 0 aliphatic carbocycles. The van der Waals surface area contributed by atoms with Crippen molar-refractivity contribution in [3.05, 3.63) is 35.4 Å². The number of rotatable bonds is 8. The van der Waals surface area contributed by atoms with Crippen LogP contribution in [-0.4, -0.2) is 72.7 Å². The number of aryl methyl sites for hydroxylation is 1. The number of aromatic nitrogens is 2. The van der Waals surface area contributed by atoms with E-state index in [1.807, 2.05) is 12.1 Å². The minimum Gasteiger partial charge on any atom is -0.395 e. The number of aliphatic hydroxyl groups excluding tert-OH is 2. The summed E-state index contributed by atoms with van der Waals surface area (Å²) in [6.07, 6.45) is 0. The number of piperazine rings is 1. The maximum absolute atomic E-state index is 9.73. The van der Waals surface area contributed by atoms with Gasteiger partial charge in [0.1, 0.15) is 11.6 Å². The van der Waals surface area contributed by atoms with Crippen molar-refractivity contribution < 1.29 is 10.2 Å². The Balaban J connectivity index is 1.83. The maximum Gasteiger partial charge on any atom is 0.226 e. The van der Waals surface area contributed by atoms with E-state index in [0.717, 1.165) is 26.2 Å². The van der Waals surface area contributed by atoms with Gasteiger partial charge in [0.15, 0.2) is 11.6 Å². The number of nitriles is 1. The van der Waals surface area contributed by atoms with Crippen LogP contribution < -0.4 is 20.4 Å². The van der Waals surface area contributed by atoms with E-state index in [0.29, 0.717) is 29.7 Å². The minimum atomic E-state index is -0.0707. The molecule has 0 spiro atoms. The zero-order valence-corrected chi connectivity index (χ0v) is 16.6. The Kier molecular flexibility index (Phi) is 7.05. The highest BCUT2D eigenvalue weighted by Crippen LogP contribution is 2.28. The number of para-hydroxylation sites is 1. The lowest BCUT2D eigenvalue weighted by Gasteiger charge is -2.37. The van der Waals surface area contributed by atoms with Gasteiger partial charge in [0.05, 0.1) is 13.2 Å². The third-order valence-electron chi connectivity index (χ3n) is 4.84. The summed E-state index contributed by atoms with van der Waals surface area (Å²) in [5.74, 6) is 1.29. The van der Waals surface area contributed by atoms with Gasteiger partial charge in [-0.2, -0.15) is 15.2 Å². The molecule has 0 saturated carbocycles. The van der Waals surface area contributed by atoms with Gasteiger partial charge in [0, 0.05) is 45.0 Å². The average Bonchev–Trinajstić information content (AvgIpc) is 2.76. The average molecular weight is 397 g/mol. The van der Waals surface area contributed by atoms with Crippen LogP contribution in [-0.2, 0) is 0 Å². The molecule has 4 N–H and O–H groups in total. The van der Waals surface area contributed by atoms with Crippen molar-refractivity contribution in [2.75, 3.05) is 72.9 Å². The van der Waals surface area contributed by atoms with Gasteiger partial charge in [0.2, 0.25) is 5.95 Å². The molecule has 0 bridgehead atoms. The summed E-state index contributed by atoms with van der Waals surface area (Å²) in [4.78, 5) is 13.3. The fraction of sp³-hybridized carbons (Fsp3) is 0.450. The fourth-order valence-electron chi connectivity index (χ4n) is 3.41. The first-order valence-corrected chi connectivity index (χ1v) is 9.75. The normalized spacial score (nSPS) is 13.9. The third-order valence-corrected chi connectivity index (χ3v) is 4.84. The predicted octanol–water partition coefficient (Wildman–Crippen LogP) is 0.792. The summed E-state index contributed by atoms with van der Waals surface area (Å²) in [6, 6.07) is 10.5. The summed E-state index contributed by atoms with van der Waals surface area (Å²) in [6.45, 7) is 5.66. The van der Waals surface area contributed by atoms with Crippen molar-refractivity contribution in [1.82, 2.24) is 9.97 Å². The van der Waals surface area contributed by atoms with Gasteiger partial charge in [-0.1, -0.05) is 18.2 Å². The molecule has 2 heterocycles. The lowest BCUT2D eigenvalue weighted by atomic mass is 10.1. The highest BCUT2D eigenvalue weighted by atomic mass is 16.3. The van der Waals surface area contributed by atoms with Crippen LogP contribution in [0.3, 0.4) is 0 Å². The van der Waals surface area contributed by atoms with Gasteiger partial charge < -0.3 is 30.6 Å². The Labute approximate surface area is 170 Å². The molecule has 0 amide bonds. The van der Waals surface area contributed by atoms with Crippen LogP contribution in [0.2, 0.25) is 0 Å². The van der Waals surface area contributed by atoms with Crippen LogP contribution in [0.1, 0.15) is 11.1 Å². The second-order valence-electron chi connectivity index (χ2n) is 6.77. The molecule has 0 radical (unpaired) electrons. The number of anilines is 4. The van der Waals surface area contributed by atoms with Crippen molar-refractivity contribution in [2.24, 2.45) is 0 Å². The monoisotopic (exact) mass is 397 g/mol. The summed E-state index contributed by atoms with van der Waals surface area (Å²) in [5, 5.41) is 33.9. The first-order valence-electron chi connectivity index (χ1n) is 9.75. The molecule has 3 rings (SSSR count). The zero-order valence-electron chi connectivity index (χ0n) is 16.6. The number of hydrogen-bond acceptors (Lipinski definition) is 9. The Morgan fingerprint density at radius 1 is 1.00 bits per heavy atom. The van der Waals surface area contributed by atoms with Crippen LogP contribution in [0.15, 0.2) is 24.3 Å². The van der Waals surface area contributed by atoms with Gasteiger partial charge >= 0.3 is 0 Å². The van der Waals surface area contributed by atoms with E-state index in [1.54, 1.807) is 0 Å². The molecule has 1 fully saturated rings. The van der Waals surface area contributed by atoms with E-state index in [-0.39, 0.29) is 19.8 Å². The molecule has 9 heteroatoms. The maximum atomic E-state index is 9.73. The largest absolute Gasteiger partial charge is 0.395 e. The standard InChI is InChI=1S/C20H27N7O2/c1-15-4-2-3-5-17(15)26-8-10-27(11-9-26)19-16(14-21)18(22-6-12-28)24-20(25-19)23-7-13-29/h2-5,28-29H,6-13H2,1H3,(H2,22,23,24,25). The summed E-state index contributed by atoms with van der Waals surface area (Å²) in [5.41, 5.74) is 2.83. The second-order valence-corrected chi connectivity index (χ2v) is 6.77. The van der Waals surface area contributed by atoms with Crippen LogP contribution in [0.5, 0.6) is 0 Å². The molecule has 9 nitrogen and oxygen atoms in total. The first-order chi connectivity index (χ1) is 14.2. The van der Waals surface area contributed by atoms with Crippen LogP contribution in [0.4, 0.5) is 23.3 Å². The first kappa shape index (κ1) is 20.6. The SMILES string of the molecule is Cc1ccccc1N1CCN(c2nc(NCCO)nc(NCCO)c2C#N)CC1. The lowest BCUT2D eigenvalue weighted by molar-refractivity contribution is 0.311. The smallest absolute Gasteiger partial charge is 0.226 e. The molecule has 29 heavy (non-hydrogen) atoms. The van der Waals surface area contributed by atoms with E-state index in [1.165, 1.54) is 11.3 Å². The van der Waals surface area contributed by atoms with Crippen molar-refractivity contribution in [2.45, 2.75) is 6.92 Å². The van der Waals surface area contributed by atoms with Crippen molar-refractivity contribution in [3.63, 3.8) is 0 Å². The third kappa shape index (κ3) is 4.85. The number of nitrogens with zero attached hydrogens (tertiary/aromatic N) is 5. The molecule has 1 aromatic carbocycles. The summed E-state index contributed by atoms with van der Waals surface area (Å²) in [7, 11) is 0. The van der Waals surface area contributed by atoms with E-state index in [2.05, 4.69) is 55.5 Å². The highest BCUT2D eigenvalue weighted by molar-refractivity contribution is 5.68. The number of aliphatic hydroxyl groups is 2. The molecule has 1 aromatic heterocycles. The molecular formula is C20H27N7O2. The predicted molar refractivity (Wildman–Crippen MR) is 114 cm³/mol. The minimum absolute atomic E-state index is 0.0484. The number of hydrogen-bond donors (Lipinski definition) is 4. The van der Waals surface area contributed by atoms with Gasteiger partial charge in [-0.05, 0) is 18.6 Å². The van der Waals surface area contributed by atoms with E-state index in [4.69, 9.17) is 10.2 Å². The van der Waals surface area contributed by atoms with Gasteiger partial charge in [0.25, 0.3) is 0 Å². The molecule has 0 unspecified atom stereocenters. The Hall–Kier alpha value is -3.09. The van der Waals surface area contributed by atoms with Crippen LogP contribution in [0.25, 0.3) is 0 Å². The van der Waals surface area contributed by atoms with Crippen LogP contribution >= 0.6 is 0 Å². The fourth-order valence-corrected chi connectivity index (χ4v) is 3.41. The highest BCUT2D eigenvalue weighted by Gasteiger charge is 2.24. The second kappa shape index (κ2) is 9.91.